The highest BCUT2D eigenvalue weighted by Gasteiger charge is 2.38. The van der Waals surface area contributed by atoms with Crippen LogP contribution in [0.2, 0.25) is 0 Å². The Hall–Kier alpha value is -3.28. The molecule has 3 heterocycles. The van der Waals surface area contributed by atoms with Crippen LogP contribution in [0.3, 0.4) is 0 Å². The van der Waals surface area contributed by atoms with E-state index < -0.39 is 0 Å². The molecule has 0 spiro atoms. The lowest BCUT2D eigenvalue weighted by Crippen LogP contribution is -2.39. The Balaban J connectivity index is 1.26. The van der Waals surface area contributed by atoms with Crippen molar-refractivity contribution in [3.63, 3.8) is 0 Å². The predicted molar refractivity (Wildman–Crippen MR) is 109 cm³/mol. The van der Waals surface area contributed by atoms with Gasteiger partial charge in [-0.1, -0.05) is 36.4 Å². The van der Waals surface area contributed by atoms with Crippen molar-refractivity contribution in [2.45, 2.75) is 12.8 Å². The standard InChI is InChI=1S/C23H22N2O4/c26-22-12-18(14-25(22)19-6-7-20-21(13-19)29-15-28-20)23(27)24-10-8-17(9-11-24)16-4-2-1-3-5-16/h1-8,13,18H,9-12,14-15H2. The van der Waals surface area contributed by atoms with Crippen LogP contribution in [0.1, 0.15) is 18.4 Å². The summed E-state index contributed by atoms with van der Waals surface area (Å²) in [7, 11) is 0. The molecule has 0 N–H and O–H groups in total. The number of ether oxygens (including phenoxy) is 2. The molecular weight excluding hydrogens is 368 g/mol. The third kappa shape index (κ3) is 3.35. The van der Waals surface area contributed by atoms with Crippen LogP contribution in [-0.4, -0.2) is 43.1 Å². The minimum atomic E-state index is -0.306. The van der Waals surface area contributed by atoms with Gasteiger partial charge in [0.1, 0.15) is 0 Å². The van der Waals surface area contributed by atoms with Crippen LogP contribution in [0.4, 0.5) is 5.69 Å². The largest absolute Gasteiger partial charge is 0.454 e. The van der Waals surface area contributed by atoms with Crippen molar-refractivity contribution in [1.29, 1.82) is 0 Å². The fourth-order valence-electron chi connectivity index (χ4n) is 4.22. The van der Waals surface area contributed by atoms with E-state index in [1.165, 1.54) is 11.1 Å². The number of fused-ring (bicyclic) bond motifs is 1. The molecule has 0 bridgehead atoms. The molecule has 2 aromatic rings. The fraction of sp³-hybridized carbons (Fsp3) is 0.304. The van der Waals surface area contributed by atoms with Crippen LogP contribution in [0.5, 0.6) is 11.5 Å². The molecule has 0 aliphatic carbocycles. The highest BCUT2D eigenvalue weighted by atomic mass is 16.7. The van der Waals surface area contributed by atoms with E-state index in [1.807, 2.05) is 35.2 Å². The van der Waals surface area contributed by atoms with Crippen molar-refractivity contribution < 1.29 is 19.1 Å². The summed E-state index contributed by atoms with van der Waals surface area (Å²) in [6, 6.07) is 15.7. The Morgan fingerprint density at radius 2 is 1.86 bits per heavy atom. The summed E-state index contributed by atoms with van der Waals surface area (Å²) in [4.78, 5) is 29.2. The van der Waals surface area contributed by atoms with Crippen LogP contribution in [0.25, 0.3) is 5.57 Å². The van der Waals surface area contributed by atoms with Gasteiger partial charge in [-0.15, -0.1) is 0 Å². The molecule has 2 aromatic carbocycles. The normalized spacial score (nSPS) is 20.8. The lowest BCUT2D eigenvalue weighted by Gasteiger charge is -2.29. The summed E-state index contributed by atoms with van der Waals surface area (Å²) < 4.78 is 10.7. The van der Waals surface area contributed by atoms with Gasteiger partial charge in [0, 0.05) is 37.8 Å². The molecular formula is C23H22N2O4. The molecule has 148 valence electrons. The summed E-state index contributed by atoms with van der Waals surface area (Å²) in [5, 5.41) is 0. The van der Waals surface area contributed by atoms with Crippen molar-refractivity contribution in [2.75, 3.05) is 31.3 Å². The van der Waals surface area contributed by atoms with Crippen molar-refractivity contribution in [1.82, 2.24) is 4.90 Å². The van der Waals surface area contributed by atoms with Gasteiger partial charge >= 0.3 is 0 Å². The van der Waals surface area contributed by atoms with Crippen molar-refractivity contribution in [2.24, 2.45) is 5.92 Å². The number of nitrogens with zero attached hydrogens (tertiary/aromatic N) is 2. The maximum atomic E-state index is 13.0. The molecule has 1 saturated heterocycles. The van der Waals surface area contributed by atoms with E-state index in [4.69, 9.17) is 9.47 Å². The van der Waals surface area contributed by atoms with Gasteiger partial charge in [-0.2, -0.15) is 0 Å². The van der Waals surface area contributed by atoms with E-state index >= 15 is 0 Å². The Labute approximate surface area is 169 Å². The maximum Gasteiger partial charge on any atom is 0.231 e. The first-order valence-electron chi connectivity index (χ1n) is 9.92. The number of carbonyl (C=O) groups is 2. The first-order chi connectivity index (χ1) is 14.2. The molecule has 3 aliphatic rings. The van der Waals surface area contributed by atoms with Crippen LogP contribution in [0.15, 0.2) is 54.6 Å². The summed E-state index contributed by atoms with van der Waals surface area (Å²) in [5.41, 5.74) is 3.24. The highest BCUT2D eigenvalue weighted by Crippen LogP contribution is 2.37. The van der Waals surface area contributed by atoms with Gasteiger partial charge in [-0.25, -0.2) is 0 Å². The summed E-state index contributed by atoms with van der Waals surface area (Å²) >= 11 is 0. The number of benzene rings is 2. The van der Waals surface area contributed by atoms with Crippen LogP contribution in [-0.2, 0) is 9.59 Å². The van der Waals surface area contributed by atoms with E-state index in [1.54, 1.807) is 11.0 Å². The van der Waals surface area contributed by atoms with E-state index in [9.17, 15) is 9.59 Å². The lowest BCUT2D eigenvalue weighted by atomic mass is 9.98. The number of anilines is 1. The molecule has 5 rings (SSSR count). The van der Waals surface area contributed by atoms with Gasteiger partial charge in [-0.05, 0) is 29.7 Å². The Morgan fingerprint density at radius 1 is 1.03 bits per heavy atom. The summed E-state index contributed by atoms with van der Waals surface area (Å²) in [6.07, 6.45) is 3.21. The Bertz CT molecular complexity index is 986. The highest BCUT2D eigenvalue weighted by molar-refractivity contribution is 6.00. The molecule has 1 fully saturated rings. The predicted octanol–water partition coefficient (Wildman–Crippen LogP) is 3.08. The van der Waals surface area contributed by atoms with E-state index in [0.29, 0.717) is 31.1 Å². The topological polar surface area (TPSA) is 59.1 Å². The van der Waals surface area contributed by atoms with Gasteiger partial charge in [0.25, 0.3) is 0 Å². The van der Waals surface area contributed by atoms with E-state index in [2.05, 4.69) is 18.2 Å². The van der Waals surface area contributed by atoms with Crippen molar-refractivity contribution >= 4 is 23.1 Å². The number of rotatable bonds is 3. The molecule has 0 saturated carbocycles. The summed E-state index contributed by atoms with van der Waals surface area (Å²) in [5.74, 6) is 1.05. The third-order valence-electron chi connectivity index (χ3n) is 5.81. The van der Waals surface area contributed by atoms with Crippen LogP contribution >= 0.6 is 0 Å². The Kier molecular flexibility index (Phi) is 4.46. The second kappa shape index (κ2) is 7.28. The average molecular weight is 390 g/mol. The van der Waals surface area contributed by atoms with Gasteiger partial charge in [0.05, 0.1) is 5.92 Å². The molecule has 6 heteroatoms. The van der Waals surface area contributed by atoms with Gasteiger partial charge in [-0.3, -0.25) is 9.59 Å². The molecule has 3 aliphatic heterocycles. The number of hydrogen-bond donors (Lipinski definition) is 0. The molecule has 6 nitrogen and oxygen atoms in total. The molecule has 0 aromatic heterocycles. The van der Waals surface area contributed by atoms with Gasteiger partial charge < -0.3 is 19.3 Å². The lowest BCUT2D eigenvalue weighted by molar-refractivity contribution is -0.135. The summed E-state index contributed by atoms with van der Waals surface area (Å²) in [6.45, 7) is 1.89. The first-order valence-corrected chi connectivity index (χ1v) is 9.92. The zero-order chi connectivity index (χ0) is 19.8. The molecule has 0 radical (unpaired) electrons. The van der Waals surface area contributed by atoms with Crippen LogP contribution < -0.4 is 14.4 Å². The first kappa shape index (κ1) is 17.8. The zero-order valence-electron chi connectivity index (χ0n) is 16.0. The SMILES string of the molecule is O=C(C1CC(=O)N(c2ccc3c(c2)OCO3)C1)N1CC=C(c2ccccc2)CC1. The van der Waals surface area contributed by atoms with Gasteiger partial charge in [0.15, 0.2) is 11.5 Å². The van der Waals surface area contributed by atoms with Crippen molar-refractivity contribution in [3.8, 4) is 11.5 Å². The van der Waals surface area contributed by atoms with E-state index in [-0.39, 0.29) is 30.9 Å². The van der Waals surface area contributed by atoms with Crippen LogP contribution in [0, 0.1) is 5.92 Å². The van der Waals surface area contributed by atoms with E-state index in [0.717, 1.165) is 12.1 Å². The fourth-order valence-corrected chi connectivity index (χ4v) is 4.22. The monoisotopic (exact) mass is 390 g/mol. The minimum Gasteiger partial charge on any atom is -0.454 e. The average Bonchev–Trinajstić information content (AvgIpc) is 3.40. The quantitative estimate of drug-likeness (QED) is 0.808. The Morgan fingerprint density at radius 3 is 2.66 bits per heavy atom. The molecule has 1 atom stereocenters. The third-order valence-corrected chi connectivity index (χ3v) is 5.81. The molecule has 1 unspecified atom stereocenters. The number of carbonyl (C=O) groups excluding carboxylic acids is 2. The smallest absolute Gasteiger partial charge is 0.231 e. The van der Waals surface area contributed by atoms with Gasteiger partial charge in [0.2, 0.25) is 18.6 Å². The molecule has 2 amide bonds. The van der Waals surface area contributed by atoms with Crippen molar-refractivity contribution in [3.05, 3.63) is 60.2 Å². The number of amides is 2. The minimum absolute atomic E-state index is 0.0280. The number of hydrogen-bond acceptors (Lipinski definition) is 4. The second-order valence-corrected chi connectivity index (χ2v) is 7.57. The second-order valence-electron chi connectivity index (χ2n) is 7.57. The molecule has 29 heavy (non-hydrogen) atoms. The maximum absolute atomic E-state index is 13.0. The zero-order valence-corrected chi connectivity index (χ0v) is 16.0.